The number of hydrogen-bond donors (Lipinski definition) is 3. The van der Waals surface area contributed by atoms with Gasteiger partial charge in [0.05, 0.1) is 22.3 Å². The average molecular weight is 397 g/mol. The van der Waals surface area contributed by atoms with Crippen LogP contribution in [0, 0.1) is 12.7 Å². The van der Waals surface area contributed by atoms with Crippen LogP contribution in [0.5, 0.6) is 5.75 Å². The topological polar surface area (TPSA) is 94.1 Å². The molecule has 4 rings (SSSR count). The number of phenolic OH excluding ortho intramolecular Hbond substituents is 1. The van der Waals surface area contributed by atoms with E-state index in [9.17, 15) is 14.3 Å². The Hall–Kier alpha value is -3.00. The molecule has 1 unspecified atom stereocenters. The van der Waals surface area contributed by atoms with Crippen LogP contribution in [0.4, 0.5) is 4.39 Å². The first-order valence-electron chi connectivity index (χ1n) is 9.77. The van der Waals surface area contributed by atoms with E-state index < -0.39 is 11.6 Å². The predicted molar refractivity (Wildman–Crippen MR) is 108 cm³/mol. The van der Waals surface area contributed by atoms with Crippen molar-refractivity contribution >= 4 is 16.9 Å². The molecule has 2 aromatic heterocycles. The average Bonchev–Trinajstić information content (AvgIpc) is 3.29. The van der Waals surface area contributed by atoms with Gasteiger partial charge < -0.3 is 15.3 Å². The molecule has 0 bridgehead atoms. The summed E-state index contributed by atoms with van der Waals surface area (Å²) in [6.45, 7) is 3.49. The summed E-state index contributed by atoms with van der Waals surface area (Å²) in [6.07, 6.45) is 3.25. The fraction of sp³-hybridized carbons (Fsp3) is 0.381. The van der Waals surface area contributed by atoms with Crippen molar-refractivity contribution in [1.29, 1.82) is 0 Å². The van der Waals surface area contributed by atoms with Crippen molar-refractivity contribution in [3.63, 3.8) is 0 Å². The van der Waals surface area contributed by atoms with Gasteiger partial charge in [-0.15, -0.1) is 0 Å². The number of nitrogens with zero attached hydrogens (tertiary/aromatic N) is 3. The second kappa shape index (κ2) is 7.79. The van der Waals surface area contributed by atoms with Crippen LogP contribution in [0.2, 0.25) is 0 Å². The number of carbonyl (C=O) groups is 1. The molecule has 0 spiro atoms. The molecular formula is C21H24FN5O2. The van der Waals surface area contributed by atoms with Crippen LogP contribution >= 0.6 is 0 Å². The van der Waals surface area contributed by atoms with Crippen molar-refractivity contribution in [3.05, 3.63) is 41.3 Å². The van der Waals surface area contributed by atoms with E-state index in [2.05, 4.69) is 32.4 Å². The number of aromatic nitrogens is 3. The van der Waals surface area contributed by atoms with E-state index in [1.165, 1.54) is 18.6 Å². The predicted octanol–water partition coefficient (Wildman–Crippen LogP) is 2.99. The van der Waals surface area contributed by atoms with Crippen molar-refractivity contribution in [2.45, 2.75) is 32.2 Å². The third kappa shape index (κ3) is 3.80. The lowest BCUT2D eigenvalue weighted by molar-refractivity contribution is 0.0952. The molecule has 1 aromatic carbocycles. The molecule has 1 aliphatic heterocycles. The Bertz CT molecular complexity index is 1060. The Kier molecular flexibility index (Phi) is 5.19. The van der Waals surface area contributed by atoms with Crippen LogP contribution in [0.25, 0.3) is 22.3 Å². The van der Waals surface area contributed by atoms with Crippen molar-refractivity contribution in [1.82, 2.24) is 25.4 Å². The van der Waals surface area contributed by atoms with Gasteiger partial charge in [-0.3, -0.25) is 9.89 Å². The van der Waals surface area contributed by atoms with E-state index in [0.29, 0.717) is 46.1 Å². The zero-order valence-electron chi connectivity index (χ0n) is 16.5. The maximum absolute atomic E-state index is 13.8. The molecule has 29 heavy (non-hydrogen) atoms. The maximum Gasteiger partial charge on any atom is 0.252 e. The maximum atomic E-state index is 13.8. The molecule has 0 saturated carbocycles. The first kappa shape index (κ1) is 19.3. The first-order valence-corrected chi connectivity index (χ1v) is 9.77. The normalized spacial score (nSPS) is 17.1. The van der Waals surface area contributed by atoms with Crippen molar-refractivity contribution in [3.8, 4) is 17.0 Å². The summed E-state index contributed by atoms with van der Waals surface area (Å²) in [5, 5.41) is 20.1. The Morgan fingerprint density at radius 2 is 2.24 bits per heavy atom. The highest BCUT2D eigenvalue weighted by atomic mass is 19.1. The van der Waals surface area contributed by atoms with E-state index in [-0.39, 0.29) is 5.91 Å². The Balaban J connectivity index is 1.62. The summed E-state index contributed by atoms with van der Waals surface area (Å²) in [5.74, 6) is -1.37. The second-order valence-corrected chi connectivity index (χ2v) is 7.58. The standard InChI is InChI=1S/C21H24FN5O2/c1-12-19-15(21(29)23-8-7-14-4-3-9-27(14)2)11-17(24-20(19)26-25-12)13-5-6-18(28)16(22)10-13/h5-6,10-11,14,28H,3-4,7-9H2,1-2H3,(H,23,29)(H,24,25,26). The lowest BCUT2D eigenvalue weighted by Gasteiger charge is -2.19. The van der Waals surface area contributed by atoms with Gasteiger partial charge >= 0.3 is 0 Å². The SMILES string of the molecule is Cc1n[nH]c2nc(-c3ccc(O)c(F)c3)cc(C(=O)NCCC3CCCN3C)c12. The number of benzene rings is 1. The minimum absolute atomic E-state index is 0.206. The quantitative estimate of drug-likeness (QED) is 0.615. The number of aromatic hydroxyl groups is 1. The highest BCUT2D eigenvalue weighted by Gasteiger charge is 2.22. The van der Waals surface area contributed by atoms with Gasteiger partial charge in [0.15, 0.2) is 17.2 Å². The number of hydrogen-bond acceptors (Lipinski definition) is 5. The fourth-order valence-corrected chi connectivity index (χ4v) is 3.97. The zero-order valence-corrected chi connectivity index (χ0v) is 16.5. The van der Waals surface area contributed by atoms with Gasteiger partial charge in [0.25, 0.3) is 5.91 Å². The molecule has 1 amide bonds. The van der Waals surface area contributed by atoms with E-state index in [4.69, 9.17) is 0 Å². The van der Waals surface area contributed by atoms with Crippen LogP contribution < -0.4 is 5.32 Å². The smallest absolute Gasteiger partial charge is 0.252 e. The minimum atomic E-state index is -0.739. The lowest BCUT2D eigenvalue weighted by Crippen LogP contribution is -2.32. The summed E-state index contributed by atoms with van der Waals surface area (Å²) in [6, 6.07) is 6.18. The van der Waals surface area contributed by atoms with Crippen LogP contribution in [-0.2, 0) is 0 Å². The highest BCUT2D eigenvalue weighted by molar-refractivity contribution is 6.07. The number of aryl methyl sites for hydroxylation is 1. The van der Waals surface area contributed by atoms with E-state index in [1.807, 2.05) is 6.92 Å². The highest BCUT2D eigenvalue weighted by Crippen LogP contribution is 2.28. The third-order valence-electron chi connectivity index (χ3n) is 5.63. The molecule has 0 aliphatic carbocycles. The molecule has 1 saturated heterocycles. The molecule has 1 atom stereocenters. The molecule has 152 valence electrons. The molecule has 1 fully saturated rings. The number of rotatable bonds is 5. The number of nitrogens with one attached hydrogen (secondary N) is 2. The third-order valence-corrected chi connectivity index (χ3v) is 5.63. The zero-order chi connectivity index (χ0) is 20.5. The van der Waals surface area contributed by atoms with Gasteiger partial charge in [0.1, 0.15) is 0 Å². The minimum Gasteiger partial charge on any atom is -0.505 e. The molecular weight excluding hydrogens is 373 g/mol. The summed E-state index contributed by atoms with van der Waals surface area (Å²) >= 11 is 0. The van der Waals surface area contributed by atoms with Gasteiger partial charge in [-0.2, -0.15) is 5.10 Å². The number of halogens is 1. The molecule has 0 radical (unpaired) electrons. The Labute approximate surface area is 167 Å². The number of aromatic amines is 1. The molecule has 7 nitrogen and oxygen atoms in total. The Morgan fingerprint density at radius 3 is 2.97 bits per heavy atom. The van der Waals surface area contributed by atoms with Crippen LogP contribution in [-0.4, -0.2) is 57.3 Å². The molecule has 1 aliphatic rings. The number of amides is 1. The largest absolute Gasteiger partial charge is 0.505 e. The second-order valence-electron chi connectivity index (χ2n) is 7.58. The summed E-state index contributed by atoms with van der Waals surface area (Å²) < 4.78 is 13.8. The molecule has 3 heterocycles. The summed E-state index contributed by atoms with van der Waals surface area (Å²) in [4.78, 5) is 19.8. The van der Waals surface area contributed by atoms with Gasteiger partial charge in [0, 0.05) is 18.2 Å². The van der Waals surface area contributed by atoms with Gasteiger partial charge in [-0.25, -0.2) is 9.37 Å². The monoisotopic (exact) mass is 397 g/mol. The first-order chi connectivity index (χ1) is 13.9. The van der Waals surface area contributed by atoms with Crippen LogP contribution in [0.1, 0.15) is 35.3 Å². The molecule has 3 N–H and O–H groups in total. The van der Waals surface area contributed by atoms with Crippen molar-refractivity contribution in [2.24, 2.45) is 0 Å². The van der Waals surface area contributed by atoms with Gasteiger partial charge in [0.2, 0.25) is 0 Å². The summed E-state index contributed by atoms with van der Waals surface area (Å²) in [7, 11) is 2.11. The van der Waals surface area contributed by atoms with Crippen molar-refractivity contribution < 1.29 is 14.3 Å². The Morgan fingerprint density at radius 1 is 1.41 bits per heavy atom. The van der Waals surface area contributed by atoms with Crippen LogP contribution in [0.3, 0.4) is 0 Å². The summed E-state index contributed by atoms with van der Waals surface area (Å²) in [5.41, 5.74) is 2.49. The molecule has 8 heteroatoms. The van der Waals surface area contributed by atoms with Crippen molar-refractivity contribution in [2.75, 3.05) is 20.1 Å². The van der Waals surface area contributed by atoms with E-state index in [1.54, 1.807) is 12.1 Å². The van der Waals surface area contributed by atoms with E-state index >= 15 is 0 Å². The number of H-pyrrole nitrogens is 1. The fourth-order valence-electron chi connectivity index (χ4n) is 3.97. The number of likely N-dealkylation sites (tertiary alicyclic amines) is 1. The van der Waals surface area contributed by atoms with Gasteiger partial charge in [-0.1, -0.05) is 0 Å². The van der Waals surface area contributed by atoms with Gasteiger partial charge in [-0.05, 0) is 64.0 Å². The number of pyridine rings is 1. The van der Waals surface area contributed by atoms with E-state index in [0.717, 1.165) is 19.4 Å². The molecule has 3 aromatic rings. The number of carbonyl (C=O) groups excluding carboxylic acids is 1. The lowest BCUT2D eigenvalue weighted by atomic mass is 10.0. The number of phenols is 1. The number of fused-ring (bicyclic) bond motifs is 1. The van der Waals surface area contributed by atoms with Crippen LogP contribution in [0.15, 0.2) is 24.3 Å².